The Labute approximate surface area is 130 Å². The minimum atomic E-state index is -0.196. The Bertz CT molecular complexity index is 600. The van der Waals surface area contributed by atoms with Gasteiger partial charge in [0.1, 0.15) is 12.4 Å². The summed E-state index contributed by atoms with van der Waals surface area (Å²) in [6, 6.07) is 10.5. The van der Waals surface area contributed by atoms with Crippen LogP contribution in [0.2, 0.25) is 5.02 Å². The van der Waals surface area contributed by atoms with Gasteiger partial charge in [0.05, 0.1) is 11.6 Å². The molecule has 0 spiro atoms. The van der Waals surface area contributed by atoms with E-state index in [0.717, 1.165) is 0 Å². The quantitative estimate of drug-likeness (QED) is 0.815. The molecule has 20 heavy (non-hydrogen) atoms. The van der Waals surface area contributed by atoms with Gasteiger partial charge in [-0.2, -0.15) is 0 Å². The number of benzene rings is 1. The monoisotopic (exact) mass is 357 g/mol. The summed E-state index contributed by atoms with van der Waals surface area (Å²) in [6.45, 7) is 0.788. The fraction of sp³-hybridized carbons (Fsp3) is 0.214. The zero-order valence-electron chi connectivity index (χ0n) is 10.8. The summed E-state index contributed by atoms with van der Waals surface area (Å²) in [5.74, 6) is 0.700. The highest BCUT2D eigenvalue weighted by atomic mass is 79.9. The molecule has 0 aliphatic carbocycles. The van der Waals surface area contributed by atoms with E-state index in [1.807, 2.05) is 12.1 Å². The fourth-order valence-corrected chi connectivity index (χ4v) is 2.07. The third-order valence-corrected chi connectivity index (χ3v) is 3.39. The normalized spacial score (nSPS) is 10.3. The van der Waals surface area contributed by atoms with Crippen LogP contribution in [0.3, 0.4) is 0 Å². The SMILES string of the molecule is CN(CCOc1ccccc1Cl)C(=O)c1ccc(Br)o1. The smallest absolute Gasteiger partial charge is 0.289 e. The number of nitrogens with zero attached hydrogens (tertiary/aromatic N) is 1. The summed E-state index contributed by atoms with van der Waals surface area (Å²) in [7, 11) is 1.69. The number of ether oxygens (including phenoxy) is 1. The van der Waals surface area contributed by atoms with Crippen LogP contribution in [0.5, 0.6) is 5.75 Å². The van der Waals surface area contributed by atoms with Crippen LogP contribution < -0.4 is 4.74 Å². The molecule has 0 fully saturated rings. The van der Waals surface area contributed by atoms with E-state index in [2.05, 4.69) is 15.9 Å². The third kappa shape index (κ3) is 3.77. The van der Waals surface area contributed by atoms with E-state index in [0.29, 0.717) is 28.6 Å². The average molecular weight is 359 g/mol. The van der Waals surface area contributed by atoms with Gasteiger partial charge < -0.3 is 14.1 Å². The lowest BCUT2D eigenvalue weighted by Gasteiger charge is -2.16. The zero-order chi connectivity index (χ0) is 14.5. The third-order valence-electron chi connectivity index (χ3n) is 2.65. The number of hydrogen-bond donors (Lipinski definition) is 0. The molecule has 0 radical (unpaired) electrons. The molecule has 1 heterocycles. The van der Waals surface area contributed by atoms with Gasteiger partial charge >= 0.3 is 0 Å². The highest BCUT2D eigenvalue weighted by Crippen LogP contribution is 2.23. The molecule has 1 aromatic carbocycles. The van der Waals surface area contributed by atoms with Crippen LogP contribution in [0, 0.1) is 0 Å². The second kappa shape index (κ2) is 6.81. The van der Waals surface area contributed by atoms with Crippen molar-refractivity contribution >= 4 is 33.4 Å². The van der Waals surface area contributed by atoms with Gasteiger partial charge in [0.25, 0.3) is 5.91 Å². The Hall–Kier alpha value is -1.46. The van der Waals surface area contributed by atoms with Crippen LogP contribution in [0.1, 0.15) is 10.6 Å². The molecule has 0 aliphatic heterocycles. The van der Waals surface area contributed by atoms with Crippen molar-refractivity contribution in [3.63, 3.8) is 0 Å². The summed E-state index contributed by atoms with van der Waals surface area (Å²) in [4.78, 5) is 13.5. The number of carbonyl (C=O) groups is 1. The number of carbonyl (C=O) groups excluding carboxylic acids is 1. The van der Waals surface area contributed by atoms with E-state index < -0.39 is 0 Å². The zero-order valence-corrected chi connectivity index (χ0v) is 13.1. The Morgan fingerprint density at radius 1 is 1.35 bits per heavy atom. The molecule has 1 aromatic heterocycles. The van der Waals surface area contributed by atoms with Gasteiger partial charge in [0.15, 0.2) is 10.4 Å². The molecule has 106 valence electrons. The molecule has 2 aromatic rings. The molecular weight excluding hydrogens is 346 g/mol. The van der Waals surface area contributed by atoms with Crippen molar-refractivity contribution in [1.29, 1.82) is 0 Å². The molecule has 0 saturated carbocycles. The maximum absolute atomic E-state index is 12.0. The Morgan fingerprint density at radius 2 is 2.10 bits per heavy atom. The van der Waals surface area contributed by atoms with Crippen molar-refractivity contribution in [3.05, 3.63) is 51.9 Å². The molecule has 1 amide bonds. The summed E-state index contributed by atoms with van der Waals surface area (Å²) in [5, 5.41) is 0.552. The minimum absolute atomic E-state index is 0.196. The Kier molecular flexibility index (Phi) is 5.09. The van der Waals surface area contributed by atoms with Crippen LogP contribution in [-0.2, 0) is 0 Å². The number of halogens is 2. The molecule has 2 rings (SSSR count). The minimum Gasteiger partial charge on any atom is -0.490 e. The average Bonchev–Trinajstić information content (AvgIpc) is 2.86. The van der Waals surface area contributed by atoms with Crippen LogP contribution in [0.25, 0.3) is 0 Å². The van der Waals surface area contributed by atoms with E-state index >= 15 is 0 Å². The number of furan rings is 1. The highest BCUT2D eigenvalue weighted by Gasteiger charge is 2.15. The Balaban J connectivity index is 1.85. The van der Waals surface area contributed by atoms with Gasteiger partial charge in [0, 0.05) is 7.05 Å². The first-order valence-corrected chi connectivity index (χ1v) is 7.13. The molecule has 0 bridgehead atoms. The van der Waals surface area contributed by atoms with Crippen LogP contribution in [0.4, 0.5) is 0 Å². The van der Waals surface area contributed by atoms with Crippen molar-refractivity contribution in [1.82, 2.24) is 4.90 Å². The second-order valence-electron chi connectivity index (χ2n) is 4.11. The standard InChI is InChI=1S/C14H13BrClNO3/c1-17(14(18)12-6-7-13(15)20-12)8-9-19-11-5-3-2-4-10(11)16/h2-7H,8-9H2,1H3. The van der Waals surface area contributed by atoms with E-state index in [4.69, 9.17) is 20.8 Å². The second-order valence-corrected chi connectivity index (χ2v) is 5.30. The lowest BCUT2D eigenvalue weighted by molar-refractivity contribution is 0.0741. The molecule has 0 saturated heterocycles. The largest absolute Gasteiger partial charge is 0.490 e. The first-order chi connectivity index (χ1) is 9.58. The Morgan fingerprint density at radius 3 is 2.75 bits per heavy atom. The fourth-order valence-electron chi connectivity index (χ4n) is 1.57. The molecule has 0 aliphatic rings. The van der Waals surface area contributed by atoms with Gasteiger partial charge in [-0.3, -0.25) is 4.79 Å². The number of hydrogen-bond acceptors (Lipinski definition) is 3. The molecule has 4 nitrogen and oxygen atoms in total. The van der Waals surface area contributed by atoms with Gasteiger partial charge in [-0.25, -0.2) is 0 Å². The van der Waals surface area contributed by atoms with E-state index in [1.54, 1.807) is 31.3 Å². The first kappa shape index (κ1) is 14.9. The van der Waals surface area contributed by atoms with E-state index in [-0.39, 0.29) is 11.7 Å². The molecule has 6 heteroatoms. The number of amides is 1. The summed E-state index contributed by atoms with van der Waals surface area (Å²) >= 11 is 9.14. The number of para-hydroxylation sites is 1. The maximum Gasteiger partial charge on any atom is 0.289 e. The lowest BCUT2D eigenvalue weighted by Crippen LogP contribution is -2.30. The summed E-state index contributed by atoms with van der Waals surface area (Å²) < 4.78 is 11.3. The van der Waals surface area contributed by atoms with Crippen LogP contribution >= 0.6 is 27.5 Å². The van der Waals surface area contributed by atoms with Crippen molar-refractivity contribution < 1.29 is 13.9 Å². The number of rotatable bonds is 5. The van der Waals surface area contributed by atoms with Gasteiger partial charge in [-0.1, -0.05) is 23.7 Å². The predicted molar refractivity (Wildman–Crippen MR) is 80.3 cm³/mol. The van der Waals surface area contributed by atoms with Crippen molar-refractivity contribution in [2.75, 3.05) is 20.2 Å². The van der Waals surface area contributed by atoms with E-state index in [9.17, 15) is 4.79 Å². The summed E-state index contributed by atoms with van der Waals surface area (Å²) in [6.07, 6.45) is 0. The van der Waals surface area contributed by atoms with E-state index in [1.165, 1.54) is 4.90 Å². The number of likely N-dealkylation sites (N-methyl/N-ethyl adjacent to an activating group) is 1. The highest BCUT2D eigenvalue weighted by molar-refractivity contribution is 9.10. The van der Waals surface area contributed by atoms with Crippen molar-refractivity contribution in [2.24, 2.45) is 0 Å². The van der Waals surface area contributed by atoms with Crippen molar-refractivity contribution in [3.8, 4) is 5.75 Å². The lowest BCUT2D eigenvalue weighted by atomic mass is 10.3. The molecule has 0 N–H and O–H groups in total. The topological polar surface area (TPSA) is 42.7 Å². The summed E-state index contributed by atoms with van der Waals surface area (Å²) in [5.41, 5.74) is 0. The molecule has 0 unspecified atom stereocenters. The van der Waals surface area contributed by atoms with Crippen LogP contribution in [-0.4, -0.2) is 31.0 Å². The first-order valence-electron chi connectivity index (χ1n) is 5.96. The molecular formula is C14H13BrClNO3. The maximum atomic E-state index is 12.0. The predicted octanol–water partition coefficient (Wildman–Crippen LogP) is 3.85. The van der Waals surface area contributed by atoms with Gasteiger partial charge in [-0.15, -0.1) is 0 Å². The molecule has 0 atom stereocenters. The van der Waals surface area contributed by atoms with Crippen molar-refractivity contribution in [2.45, 2.75) is 0 Å². The van der Waals surface area contributed by atoms with Gasteiger partial charge in [-0.05, 0) is 40.2 Å². The van der Waals surface area contributed by atoms with Gasteiger partial charge in [0.2, 0.25) is 0 Å². The van der Waals surface area contributed by atoms with Crippen LogP contribution in [0.15, 0.2) is 45.5 Å².